The van der Waals surface area contributed by atoms with E-state index in [2.05, 4.69) is 5.32 Å². The molecular weight excluding hydrogens is 240 g/mol. The van der Waals surface area contributed by atoms with Crippen molar-refractivity contribution in [3.8, 4) is 0 Å². The minimum Gasteiger partial charge on any atom is -0.355 e. The Kier molecular flexibility index (Phi) is 3.73. The first-order chi connectivity index (χ1) is 7.94. The van der Waals surface area contributed by atoms with E-state index < -0.39 is 10.0 Å². The minimum atomic E-state index is -3.47. The lowest BCUT2D eigenvalue weighted by molar-refractivity contribution is -0.122. The number of fused-ring (bicyclic) bond motifs is 2. The fourth-order valence-corrected chi connectivity index (χ4v) is 3.66. The molecule has 0 spiro atoms. The highest BCUT2D eigenvalue weighted by Gasteiger charge is 2.39. The molecule has 3 unspecified atom stereocenters. The molecule has 2 fully saturated rings. The van der Waals surface area contributed by atoms with Gasteiger partial charge in [0.05, 0.1) is 5.75 Å². The summed E-state index contributed by atoms with van der Waals surface area (Å²) in [6.07, 6.45) is 5.60. The number of hydrogen-bond acceptors (Lipinski definition) is 3. The van der Waals surface area contributed by atoms with E-state index in [1.54, 1.807) is 0 Å². The standard InChI is InChI=1S/C11H20N2O3S/c12-17(15,16)4-3-13-11(14)7-10-6-8-1-2-9(10)5-8/h8-10H,1-7H2,(H,13,14)(H2,12,15,16). The molecule has 0 heterocycles. The maximum atomic E-state index is 11.6. The molecule has 0 aromatic carbocycles. The summed E-state index contributed by atoms with van der Waals surface area (Å²) in [6.45, 7) is 0.123. The Morgan fingerprint density at radius 3 is 2.59 bits per heavy atom. The zero-order chi connectivity index (χ0) is 12.5. The van der Waals surface area contributed by atoms with Crippen LogP contribution in [-0.4, -0.2) is 26.6 Å². The van der Waals surface area contributed by atoms with Crippen LogP contribution in [0.25, 0.3) is 0 Å². The van der Waals surface area contributed by atoms with Crippen LogP contribution in [0.3, 0.4) is 0 Å². The van der Waals surface area contributed by atoms with Gasteiger partial charge in [0.25, 0.3) is 0 Å². The van der Waals surface area contributed by atoms with E-state index in [-0.39, 0.29) is 18.2 Å². The van der Waals surface area contributed by atoms with Crippen LogP contribution in [0.2, 0.25) is 0 Å². The predicted octanol–water partition coefficient (Wildman–Crippen LogP) is 0.217. The number of carbonyl (C=O) groups is 1. The summed E-state index contributed by atoms with van der Waals surface area (Å²) in [5, 5.41) is 7.48. The molecule has 98 valence electrons. The number of nitrogens with one attached hydrogen (secondary N) is 1. The molecule has 0 aliphatic heterocycles. The largest absolute Gasteiger partial charge is 0.355 e. The molecule has 0 radical (unpaired) electrons. The summed E-state index contributed by atoms with van der Waals surface area (Å²) in [5.41, 5.74) is 0. The molecule has 3 N–H and O–H groups in total. The van der Waals surface area contributed by atoms with Gasteiger partial charge in [-0.1, -0.05) is 6.42 Å². The third-order valence-electron chi connectivity index (χ3n) is 4.04. The molecule has 17 heavy (non-hydrogen) atoms. The number of primary sulfonamides is 1. The van der Waals surface area contributed by atoms with Crippen LogP contribution < -0.4 is 10.5 Å². The first kappa shape index (κ1) is 12.8. The highest BCUT2D eigenvalue weighted by atomic mass is 32.2. The predicted molar refractivity (Wildman–Crippen MR) is 64.5 cm³/mol. The van der Waals surface area contributed by atoms with Crippen molar-refractivity contribution < 1.29 is 13.2 Å². The van der Waals surface area contributed by atoms with Gasteiger partial charge in [0.2, 0.25) is 15.9 Å². The number of rotatable bonds is 5. The van der Waals surface area contributed by atoms with Crippen LogP contribution in [0.4, 0.5) is 0 Å². The normalized spacial score (nSPS) is 31.7. The van der Waals surface area contributed by atoms with Gasteiger partial charge in [0, 0.05) is 13.0 Å². The molecule has 6 heteroatoms. The second-order valence-electron chi connectivity index (χ2n) is 5.36. The molecule has 2 aliphatic rings. The summed E-state index contributed by atoms with van der Waals surface area (Å²) in [6, 6.07) is 0. The molecule has 2 rings (SSSR count). The van der Waals surface area contributed by atoms with Gasteiger partial charge < -0.3 is 5.32 Å². The summed E-state index contributed by atoms with van der Waals surface area (Å²) < 4.78 is 21.4. The molecule has 3 atom stereocenters. The lowest BCUT2D eigenvalue weighted by Gasteiger charge is -2.20. The smallest absolute Gasteiger partial charge is 0.220 e. The van der Waals surface area contributed by atoms with Crippen LogP contribution in [0.15, 0.2) is 0 Å². The first-order valence-corrected chi connectivity index (χ1v) is 7.93. The molecule has 2 saturated carbocycles. The maximum Gasteiger partial charge on any atom is 0.220 e. The average Bonchev–Trinajstić information content (AvgIpc) is 2.76. The fraction of sp³-hybridized carbons (Fsp3) is 0.909. The van der Waals surface area contributed by atoms with Crippen molar-refractivity contribution in [2.24, 2.45) is 22.9 Å². The van der Waals surface area contributed by atoms with E-state index in [1.807, 2.05) is 0 Å². The maximum absolute atomic E-state index is 11.6. The van der Waals surface area contributed by atoms with Gasteiger partial charge in [-0.2, -0.15) is 0 Å². The molecular formula is C11H20N2O3S. The summed E-state index contributed by atoms with van der Waals surface area (Å²) in [7, 11) is -3.47. The van der Waals surface area contributed by atoms with E-state index >= 15 is 0 Å². The van der Waals surface area contributed by atoms with Crippen LogP contribution in [0.1, 0.15) is 32.1 Å². The minimum absolute atomic E-state index is 0.0359. The van der Waals surface area contributed by atoms with E-state index in [0.29, 0.717) is 12.3 Å². The Bertz CT molecular complexity index is 394. The van der Waals surface area contributed by atoms with Crippen molar-refractivity contribution in [3.63, 3.8) is 0 Å². The van der Waals surface area contributed by atoms with Crippen LogP contribution in [-0.2, 0) is 14.8 Å². The zero-order valence-corrected chi connectivity index (χ0v) is 10.7. The topological polar surface area (TPSA) is 89.3 Å². The van der Waals surface area contributed by atoms with Crippen molar-refractivity contribution in [1.29, 1.82) is 0 Å². The monoisotopic (exact) mass is 260 g/mol. The Morgan fingerprint density at radius 1 is 1.29 bits per heavy atom. The molecule has 5 nitrogen and oxygen atoms in total. The number of amides is 1. The van der Waals surface area contributed by atoms with Crippen molar-refractivity contribution >= 4 is 15.9 Å². The van der Waals surface area contributed by atoms with Gasteiger partial charge in [0.1, 0.15) is 0 Å². The molecule has 2 bridgehead atoms. The van der Waals surface area contributed by atoms with Gasteiger partial charge in [-0.15, -0.1) is 0 Å². The Hall–Kier alpha value is -0.620. The third-order valence-corrected chi connectivity index (χ3v) is 4.81. The van der Waals surface area contributed by atoms with E-state index in [9.17, 15) is 13.2 Å². The molecule has 1 amide bonds. The summed E-state index contributed by atoms with van der Waals surface area (Å²) in [4.78, 5) is 11.6. The molecule has 0 saturated heterocycles. The summed E-state index contributed by atoms with van der Waals surface area (Å²) >= 11 is 0. The quantitative estimate of drug-likeness (QED) is 0.741. The Morgan fingerprint density at radius 2 is 2.06 bits per heavy atom. The van der Waals surface area contributed by atoms with Gasteiger partial charge in [0.15, 0.2) is 0 Å². The number of sulfonamides is 1. The number of hydrogen-bond donors (Lipinski definition) is 2. The molecule has 2 aliphatic carbocycles. The lowest BCUT2D eigenvalue weighted by atomic mass is 9.86. The Balaban J connectivity index is 1.68. The van der Waals surface area contributed by atoms with Gasteiger partial charge in [-0.05, 0) is 37.0 Å². The van der Waals surface area contributed by atoms with Crippen molar-refractivity contribution in [1.82, 2.24) is 5.32 Å². The van der Waals surface area contributed by atoms with E-state index in [1.165, 1.54) is 25.7 Å². The Labute approximate surface area is 102 Å². The highest BCUT2D eigenvalue weighted by molar-refractivity contribution is 7.89. The SMILES string of the molecule is NS(=O)(=O)CCNC(=O)CC1CC2CCC1C2. The van der Waals surface area contributed by atoms with Gasteiger partial charge in [-0.3, -0.25) is 4.79 Å². The highest BCUT2D eigenvalue weighted by Crippen LogP contribution is 2.49. The molecule has 0 aromatic heterocycles. The van der Waals surface area contributed by atoms with E-state index in [0.717, 1.165) is 11.8 Å². The van der Waals surface area contributed by atoms with Crippen LogP contribution in [0, 0.1) is 17.8 Å². The lowest BCUT2D eigenvalue weighted by Crippen LogP contribution is -2.33. The van der Waals surface area contributed by atoms with E-state index in [4.69, 9.17) is 5.14 Å². The summed E-state index contributed by atoms with van der Waals surface area (Å²) in [5.74, 6) is 1.86. The number of nitrogens with two attached hydrogens (primary N) is 1. The van der Waals surface area contributed by atoms with Crippen molar-refractivity contribution in [3.05, 3.63) is 0 Å². The van der Waals surface area contributed by atoms with Crippen molar-refractivity contribution in [2.75, 3.05) is 12.3 Å². The number of carbonyl (C=O) groups excluding carboxylic acids is 1. The van der Waals surface area contributed by atoms with Gasteiger partial charge in [-0.25, -0.2) is 13.6 Å². The average molecular weight is 260 g/mol. The second-order valence-corrected chi connectivity index (χ2v) is 7.09. The van der Waals surface area contributed by atoms with Crippen LogP contribution >= 0.6 is 0 Å². The first-order valence-electron chi connectivity index (χ1n) is 6.21. The van der Waals surface area contributed by atoms with Crippen molar-refractivity contribution in [2.45, 2.75) is 32.1 Å². The van der Waals surface area contributed by atoms with Crippen LogP contribution in [0.5, 0.6) is 0 Å². The van der Waals surface area contributed by atoms with Gasteiger partial charge >= 0.3 is 0 Å². The third kappa shape index (κ3) is 3.67. The second kappa shape index (κ2) is 4.94. The molecule has 0 aromatic rings. The fourth-order valence-electron chi connectivity index (χ4n) is 3.27. The zero-order valence-electron chi connectivity index (χ0n) is 9.89.